The standard InChI is InChI=1S/C27H23FN2O/c1-18(31)19-8-10-20(11-9-19)25-23-6-4-5-7-24(23)30(22-14-12-21(28)13-15-22)26(25)27(2,3)16-17-29/h4-15H,16H2,1-3H3. The van der Waals surface area contributed by atoms with E-state index in [0.717, 1.165) is 33.4 Å². The maximum atomic E-state index is 13.7. The Kier molecular flexibility index (Phi) is 5.20. The molecule has 3 nitrogen and oxygen atoms in total. The van der Waals surface area contributed by atoms with Crippen LogP contribution >= 0.6 is 0 Å². The molecule has 3 aromatic carbocycles. The Balaban J connectivity index is 2.11. The highest BCUT2D eigenvalue weighted by molar-refractivity contribution is 6.01. The molecule has 0 aliphatic carbocycles. The average molecular weight is 410 g/mol. The molecular weight excluding hydrogens is 387 g/mol. The second-order valence-corrected chi connectivity index (χ2v) is 8.40. The molecule has 4 heteroatoms. The van der Waals surface area contributed by atoms with E-state index in [1.54, 1.807) is 19.1 Å². The third-order valence-corrected chi connectivity index (χ3v) is 5.70. The molecule has 4 rings (SSSR count). The van der Waals surface area contributed by atoms with Crippen molar-refractivity contribution in [3.05, 3.63) is 89.9 Å². The number of carbonyl (C=O) groups excluding carboxylic acids is 1. The average Bonchev–Trinajstić information content (AvgIpc) is 3.10. The molecule has 0 saturated heterocycles. The monoisotopic (exact) mass is 410 g/mol. The molecule has 0 fully saturated rings. The number of Topliss-reactive ketones (excluding diaryl/α,β-unsaturated/α-hetero) is 1. The van der Waals surface area contributed by atoms with E-state index in [-0.39, 0.29) is 11.6 Å². The number of nitrogens with zero attached hydrogens (tertiary/aromatic N) is 2. The smallest absolute Gasteiger partial charge is 0.159 e. The molecule has 0 spiro atoms. The lowest BCUT2D eigenvalue weighted by Crippen LogP contribution is -2.21. The third kappa shape index (κ3) is 3.64. The van der Waals surface area contributed by atoms with Crippen molar-refractivity contribution in [3.8, 4) is 22.9 Å². The van der Waals surface area contributed by atoms with Gasteiger partial charge in [0.1, 0.15) is 5.82 Å². The van der Waals surface area contributed by atoms with Crippen molar-refractivity contribution in [2.45, 2.75) is 32.6 Å². The molecule has 154 valence electrons. The van der Waals surface area contributed by atoms with Crippen LogP contribution in [0.4, 0.5) is 4.39 Å². The predicted octanol–water partition coefficient (Wildman–Crippen LogP) is 6.83. The van der Waals surface area contributed by atoms with Crippen LogP contribution in [0.1, 0.15) is 43.2 Å². The second kappa shape index (κ2) is 7.85. The molecule has 0 bridgehead atoms. The first-order valence-corrected chi connectivity index (χ1v) is 10.2. The summed E-state index contributed by atoms with van der Waals surface area (Å²) in [6, 6.07) is 24.4. The van der Waals surface area contributed by atoms with Gasteiger partial charge in [0, 0.05) is 39.7 Å². The zero-order valence-corrected chi connectivity index (χ0v) is 17.8. The second-order valence-electron chi connectivity index (χ2n) is 8.40. The van der Waals surface area contributed by atoms with Crippen LogP contribution in [0.2, 0.25) is 0 Å². The molecule has 1 aromatic heterocycles. The highest BCUT2D eigenvalue weighted by atomic mass is 19.1. The van der Waals surface area contributed by atoms with E-state index >= 15 is 0 Å². The minimum atomic E-state index is -0.475. The maximum absolute atomic E-state index is 13.7. The minimum absolute atomic E-state index is 0.0188. The number of hydrogen-bond donors (Lipinski definition) is 0. The summed E-state index contributed by atoms with van der Waals surface area (Å²) >= 11 is 0. The molecule has 0 N–H and O–H groups in total. The van der Waals surface area contributed by atoms with Gasteiger partial charge >= 0.3 is 0 Å². The van der Waals surface area contributed by atoms with Crippen molar-refractivity contribution in [1.29, 1.82) is 5.26 Å². The predicted molar refractivity (Wildman–Crippen MR) is 122 cm³/mol. The summed E-state index contributed by atoms with van der Waals surface area (Å²) in [7, 11) is 0. The Morgan fingerprint density at radius 2 is 1.65 bits per heavy atom. The summed E-state index contributed by atoms with van der Waals surface area (Å²) in [6.45, 7) is 5.66. The van der Waals surface area contributed by atoms with Crippen LogP contribution in [0.25, 0.3) is 27.7 Å². The maximum Gasteiger partial charge on any atom is 0.159 e. The summed E-state index contributed by atoms with van der Waals surface area (Å²) in [4.78, 5) is 11.8. The van der Waals surface area contributed by atoms with Crippen molar-refractivity contribution >= 4 is 16.7 Å². The van der Waals surface area contributed by atoms with Crippen molar-refractivity contribution in [1.82, 2.24) is 4.57 Å². The number of benzene rings is 3. The molecule has 31 heavy (non-hydrogen) atoms. The normalized spacial score (nSPS) is 11.5. The van der Waals surface area contributed by atoms with Crippen LogP contribution in [0.3, 0.4) is 0 Å². The molecule has 0 unspecified atom stereocenters. The zero-order valence-electron chi connectivity index (χ0n) is 17.8. The number of fused-ring (bicyclic) bond motifs is 1. The molecule has 0 radical (unpaired) electrons. The quantitative estimate of drug-likeness (QED) is 0.339. The first-order valence-electron chi connectivity index (χ1n) is 10.2. The van der Waals surface area contributed by atoms with Crippen molar-refractivity contribution in [3.63, 3.8) is 0 Å². The van der Waals surface area contributed by atoms with E-state index in [4.69, 9.17) is 0 Å². The Labute approximate surface area is 181 Å². The summed E-state index contributed by atoms with van der Waals surface area (Å²) in [5.41, 5.74) is 4.99. The van der Waals surface area contributed by atoms with Crippen LogP contribution < -0.4 is 0 Å². The number of ketones is 1. The van der Waals surface area contributed by atoms with Gasteiger partial charge in [0.2, 0.25) is 0 Å². The minimum Gasteiger partial charge on any atom is -0.312 e. The van der Waals surface area contributed by atoms with E-state index in [1.807, 2.05) is 42.5 Å². The van der Waals surface area contributed by atoms with Gasteiger partial charge in [-0.2, -0.15) is 5.26 Å². The highest BCUT2D eigenvalue weighted by Crippen LogP contribution is 2.44. The van der Waals surface area contributed by atoms with Gasteiger partial charge in [-0.1, -0.05) is 56.3 Å². The lowest BCUT2D eigenvalue weighted by atomic mass is 9.81. The Hall–Kier alpha value is -3.71. The first kappa shape index (κ1) is 20.6. The van der Waals surface area contributed by atoms with Crippen molar-refractivity contribution < 1.29 is 9.18 Å². The molecule has 1 heterocycles. The molecular formula is C27H23FN2O. The van der Waals surface area contributed by atoms with Gasteiger partial charge in [0.25, 0.3) is 0 Å². The molecule has 0 saturated carbocycles. The van der Waals surface area contributed by atoms with Gasteiger partial charge in [0.05, 0.1) is 11.6 Å². The number of para-hydroxylation sites is 1. The number of halogens is 1. The van der Waals surface area contributed by atoms with Crippen LogP contribution in [0.15, 0.2) is 72.8 Å². The molecule has 0 aliphatic rings. The Morgan fingerprint density at radius 1 is 1.00 bits per heavy atom. The summed E-state index contributed by atoms with van der Waals surface area (Å²) in [5.74, 6) is -0.275. The van der Waals surface area contributed by atoms with Gasteiger partial charge in [0.15, 0.2) is 5.78 Å². The van der Waals surface area contributed by atoms with E-state index in [1.165, 1.54) is 12.1 Å². The Morgan fingerprint density at radius 3 is 2.26 bits per heavy atom. The van der Waals surface area contributed by atoms with E-state index < -0.39 is 5.41 Å². The molecule has 4 aromatic rings. The fourth-order valence-corrected chi connectivity index (χ4v) is 4.18. The fourth-order valence-electron chi connectivity index (χ4n) is 4.18. The van der Waals surface area contributed by atoms with E-state index in [0.29, 0.717) is 12.0 Å². The van der Waals surface area contributed by atoms with Crippen molar-refractivity contribution in [2.24, 2.45) is 0 Å². The summed E-state index contributed by atoms with van der Waals surface area (Å²) < 4.78 is 15.8. The number of aromatic nitrogens is 1. The number of rotatable bonds is 5. The van der Waals surface area contributed by atoms with Crippen LogP contribution in [0, 0.1) is 17.1 Å². The van der Waals surface area contributed by atoms with Gasteiger partial charge in [-0.3, -0.25) is 4.79 Å². The van der Waals surface area contributed by atoms with Gasteiger partial charge in [-0.15, -0.1) is 0 Å². The number of nitriles is 1. The van der Waals surface area contributed by atoms with Crippen LogP contribution in [0.5, 0.6) is 0 Å². The van der Waals surface area contributed by atoms with E-state index in [9.17, 15) is 14.4 Å². The summed E-state index contributed by atoms with van der Waals surface area (Å²) in [5, 5.41) is 10.6. The van der Waals surface area contributed by atoms with Crippen LogP contribution in [-0.4, -0.2) is 10.4 Å². The number of hydrogen-bond acceptors (Lipinski definition) is 2. The zero-order chi connectivity index (χ0) is 22.2. The first-order chi connectivity index (χ1) is 14.8. The molecule has 0 aliphatic heterocycles. The summed E-state index contributed by atoms with van der Waals surface area (Å²) in [6.07, 6.45) is 0.322. The van der Waals surface area contributed by atoms with Gasteiger partial charge in [-0.05, 0) is 42.8 Å². The highest BCUT2D eigenvalue weighted by Gasteiger charge is 2.31. The van der Waals surface area contributed by atoms with Crippen molar-refractivity contribution in [2.75, 3.05) is 0 Å². The topological polar surface area (TPSA) is 45.8 Å². The molecule has 0 atom stereocenters. The largest absolute Gasteiger partial charge is 0.312 e. The fraction of sp³-hybridized carbons (Fsp3) is 0.185. The van der Waals surface area contributed by atoms with Gasteiger partial charge < -0.3 is 4.57 Å². The lowest BCUT2D eigenvalue weighted by molar-refractivity contribution is 0.101. The van der Waals surface area contributed by atoms with E-state index in [2.05, 4.69) is 30.6 Å². The SMILES string of the molecule is CC(=O)c1ccc(-c2c(C(C)(C)CC#N)n(-c3ccc(F)cc3)c3ccccc23)cc1. The number of carbonyl (C=O) groups is 1. The van der Waals surface area contributed by atoms with Gasteiger partial charge in [-0.25, -0.2) is 4.39 Å². The third-order valence-electron chi connectivity index (χ3n) is 5.70. The van der Waals surface area contributed by atoms with Crippen LogP contribution in [-0.2, 0) is 5.41 Å². The lowest BCUT2D eigenvalue weighted by Gasteiger charge is -2.26. The Bertz CT molecular complexity index is 1310. The molecule has 0 amide bonds.